The molecule has 0 aromatic rings. The van der Waals surface area contributed by atoms with Crippen molar-refractivity contribution in [2.75, 3.05) is 0 Å². The molecule has 0 heterocycles. The van der Waals surface area contributed by atoms with Crippen molar-refractivity contribution in [3.8, 4) is 0 Å². The Hall–Kier alpha value is 0.137. The van der Waals surface area contributed by atoms with Crippen LogP contribution in [-0.4, -0.2) is 14.6 Å². The second kappa shape index (κ2) is 3.34. The Morgan fingerprint density at radius 3 is 1.78 bits per heavy atom. The van der Waals surface area contributed by atoms with Crippen LogP contribution in [0.2, 0.25) is 13.1 Å². The average Bonchev–Trinajstić information content (AvgIpc) is 1.59. The molecule has 0 radical (unpaired) electrons. The van der Waals surface area contributed by atoms with Gasteiger partial charge in [0.05, 0.1) is 0 Å². The minimum Gasteiger partial charge on any atom is -0.349 e. The second-order valence-corrected chi connectivity index (χ2v) is 5.85. The Labute approximate surface area is 59.3 Å². The van der Waals surface area contributed by atoms with Crippen molar-refractivity contribution < 1.29 is 4.53 Å². The van der Waals surface area contributed by atoms with Crippen LogP contribution in [0.4, 0.5) is 0 Å². The van der Waals surface area contributed by atoms with Crippen LogP contribution in [0.15, 0.2) is 0 Å². The van der Waals surface area contributed by atoms with Crippen LogP contribution in [-0.2, 0) is 4.53 Å². The quantitative estimate of drug-likeness (QED) is 0.469. The van der Waals surface area contributed by atoms with Gasteiger partial charge in [0.2, 0.25) is 0 Å². The maximum atomic E-state index is 5.30. The summed E-state index contributed by atoms with van der Waals surface area (Å²) in [5, 5.41) is 0. The molecule has 0 spiro atoms. The van der Waals surface area contributed by atoms with Gasteiger partial charge >= 0.3 is 0 Å². The molecule has 0 atom stereocenters. The van der Waals surface area contributed by atoms with E-state index in [-0.39, 0.29) is 5.54 Å². The number of hydroxylamine groups is 1. The first-order valence-corrected chi connectivity index (χ1v) is 6.13. The van der Waals surface area contributed by atoms with Gasteiger partial charge in [0.25, 0.3) is 0 Å². The molecular formula is C6H17NOSi. The largest absolute Gasteiger partial charge is 0.349 e. The van der Waals surface area contributed by atoms with Crippen LogP contribution >= 0.6 is 0 Å². The predicted molar refractivity (Wildman–Crippen MR) is 42.9 cm³/mol. The van der Waals surface area contributed by atoms with E-state index in [1.54, 1.807) is 0 Å². The Morgan fingerprint density at radius 1 is 1.22 bits per heavy atom. The molecule has 2 nitrogen and oxygen atoms in total. The monoisotopic (exact) mass is 147 g/mol. The first-order chi connectivity index (χ1) is 3.92. The van der Waals surface area contributed by atoms with Gasteiger partial charge in [0.1, 0.15) is 0 Å². The molecule has 0 fully saturated rings. The normalized spacial score (nSPS) is 12.7. The lowest BCUT2D eigenvalue weighted by Gasteiger charge is -2.21. The van der Waals surface area contributed by atoms with Gasteiger partial charge in [-0.1, -0.05) is 0 Å². The van der Waals surface area contributed by atoms with E-state index < -0.39 is 9.04 Å². The summed E-state index contributed by atoms with van der Waals surface area (Å²) < 4.78 is 5.30. The van der Waals surface area contributed by atoms with E-state index in [0.717, 1.165) is 0 Å². The molecule has 0 bridgehead atoms. The molecule has 0 rings (SSSR count). The van der Waals surface area contributed by atoms with E-state index in [1.807, 2.05) is 0 Å². The molecule has 0 saturated heterocycles. The van der Waals surface area contributed by atoms with Gasteiger partial charge in [-0.25, -0.2) is 5.48 Å². The highest BCUT2D eigenvalue weighted by Crippen LogP contribution is 1.98. The van der Waals surface area contributed by atoms with E-state index in [9.17, 15) is 0 Å². The van der Waals surface area contributed by atoms with Gasteiger partial charge in [0.15, 0.2) is 9.04 Å². The minimum absolute atomic E-state index is 0.0945. The summed E-state index contributed by atoms with van der Waals surface area (Å²) in [5.74, 6) is 0. The minimum atomic E-state index is -0.881. The molecule has 0 aliphatic heterocycles. The van der Waals surface area contributed by atoms with Crippen molar-refractivity contribution in [1.82, 2.24) is 5.48 Å². The second-order valence-electron chi connectivity index (χ2n) is 3.52. The lowest BCUT2D eigenvalue weighted by atomic mass is 10.1. The van der Waals surface area contributed by atoms with Crippen LogP contribution < -0.4 is 5.48 Å². The average molecular weight is 147 g/mol. The summed E-state index contributed by atoms with van der Waals surface area (Å²) >= 11 is 0. The molecule has 0 saturated carbocycles. The molecule has 0 aromatic carbocycles. The first-order valence-electron chi connectivity index (χ1n) is 3.34. The number of nitrogens with one attached hydrogen (secondary N) is 1. The van der Waals surface area contributed by atoms with Crippen LogP contribution in [0.3, 0.4) is 0 Å². The fourth-order valence-corrected chi connectivity index (χ4v) is 0.884. The highest BCUT2D eigenvalue weighted by atomic mass is 28.3. The molecule has 1 N–H and O–H groups in total. The zero-order valence-corrected chi connectivity index (χ0v) is 8.14. The topological polar surface area (TPSA) is 21.3 Å². The third kappa shape index (κ3) is 8.14. The van der Waals surface area contributed by atoms with Crippen molar-refractivity contribution in [3.05, 3.63) is 0 Å². The van der Waals surface area contributed by atoms with Crippen molar-refractivity contribution in [3.63, 3.8) is 0 Å². The summed E-state index contributed by atoms with van der Waals surface area (Å²) in [6.45, 7) is 10.5. The van der Waals surface area contributed by atoms with Crippen LogP contribution in [0, 0.1) is 0 Å². The van der Waals surface area contributed by atoms with Crippen molar-refractivity contribution in [1.29, 1.82) is 0 Å². The van der Waals surface area contributed by atoms with Gasteiger partial charge < -0.3 is 4.53 Å². The standard InChI is InChI=1S/C6H17NOSi/c1-6(2,3)7-8-9(4)5/h7,9H,1-5H3. The van der Waals surface area contributed by atoms with Crippen molar-refractivity contribution >= 4 is 9.04 Å². The summed E-state index contributed by atoms with van der Waals surface area (Å²) in [6, 6.07) is 0. The Morgan fingerprint density at radius 2 is 1.67 bits per heavy atom. The molecule has 0 aliphatic rings. The number of hydrogen-bond donors (Lipinski definition) is 1. The smallest absolute Gasteiger partial charge is 0.199 e. The molecule has 0 unspecified atom stereocenters. The zero-order chi connectivity index (χ0) is 7.49. The maximum absolute atomic E-state index is 5.30. The molecule has 0 aliphatic carbocycles. The number of hydrogen-bond acceptors (Lipinski definition) is 2. The lowest BCUT2D eigenvalue weighted by molar-refractivity contribution is 0.120. The highest BCUT2D eigenvalue weighted by molar-refractivity contribution is 6.48. The molecule has 56 valence electrons. The fraction of sp³-hybridized carbons (Fsp3) is 1.00. The van der Waals surface area contributed by atoms with Gasteiger partial charge in [-0.3, -0.25) is 0 Å². The summed E-state index contributed by atoms with van der Waals surface area (Å²) in [5.41, 5.74) is 3.08. The van der Waals surface area contributed by atoms with Crippen molar-refractivity contribution in [2.24, 2.45) is 0 Å². The first kappa shape index (κ1) is 9.14. The van der Waals surface area contributed by atoms with Crippen LogP contribution in [0.25, 0.3) is 0 Å². The van der Waals surface area contributed by atoms with E-state index in [0.29, 0.717) is 0 Å². The maximum Gasteiger partial charge on any atom is 0.199 e. The van der Waals surface area contributed by atoms with Crippen LogP contribution in [0.1, 0.15) is 20.8 Å². The van der Waals surface area contributed by atoms with E-state index in [2.05, 4.69) is 39.3 Å². The highest BCUT2D eigenvalue weighted by Gasteiger charge is 2.09. The van der Waals surface area contributed by atoms with Crippen LogP contribution in [0.5, 0.6) is 0 Å². The van der Waals surface area contributed by atoms with Gasteiger partial charge in [-0.15, -0.1) is 0 Å². The molecule has 9 heavy (non-hydrogen) atoms. The summed E-state index contributed by atoms with van der Waals surface area (Å²) in [6.07, 6.45) is 0. The fourth-order valence-electron chi connectivity index (χ4n) is 0.295. The zero-order valence-electron chi connectivity index (χ0n) is 6.99. The predicted octanol–water partition coefficient (Wildman–Crippen LogP) is 1.29. The molecule has 3 heteroatoms. The van der Waals surface area contributed by atoms with Gasteiger partial charge in [-0.2, -0.15) is 0 Å². The Kier molecular flexibility index (Phi) is 3.39. The molecular weight excluding hydrogens is 130 g/mol. The third-order valence-electron chi connectivity index (χ3n) is 0.601. The Bertz CT molecular complexity index is 77.6. The van der Waals surface area contributed by atoms with Gasteiger partial charge in [-0.05, 0) is 33.9 Å². The van der Waals surface area contributed by atoms with E-state index in [1.165, 1.54) is 0 Å². The number of rotatable bonds is 2. The molecule has 0 amide bonds. The van der Waals surface area contributed by atoms with Crippen molar-refractivity contribution in [2.45, 2.75) is 39.4 Å². The lowest BCUT2D eigenvalue weighted by Crippen LogP contribution is -2.38. The Balaban J connectivity index is 3.28. The van der Waals surface area contributed by atoms with E-state index in [4.69, 9.17) is 4.53 Å². The van der Waals surface area contributed by atoms with Gasteiger partial charge in [0, 0.05) is 5.54 Å². The summed E-state index contributed by atoms with van der Waals surface area (Å²) in [7, 11) is -0.881. The third-order valence-corrected chi connectivity index (χ3v) is 1.19. The SMILES string of the molecule is C[SiH](C)ONC(C)(C)C. The molecule has 0 aromatic heterocycles. The van der Waals surface area contributed by atoms with E-state index >= 15 is 0 Å². The summed E-state index contributed by atoms with van der Waals surface area (Å²) in [4.78, 5) is 0.